The second-order valence-corrected chi connectivity index (χ2v) is 7.47. The minimum Gasteiger partial charge on any atom is -0.369 e. The van der Waals surface area contributed by atoms with Crippen LogP contribution in [0, 0.1) is 0 Å². The van der Waals surface area contributed by atoms with Gasteiger partial charge in [-0.1, -0.05) is 18.2 Å². The van der Waals surface area contributed by atoms with Crippen molar-refractivity contribution in [3.63, 3.8) is 0 Å². The number of alkyl halides is 3. The fraction of sp³-hybridized carbons (Fsp3) is 0.364. The summed E-state index contributed by atoms with van der Waals surface area (Å²) < 4.78 is 40.6. The van der Waals surface area contributed by atoms with Crippen molar-refractivity contribution >= 4 is 16.7 Å². The maximum Gasteiger partial charge on any atom is 0.416 e. The molecule has 1 aliphatic heterocycles. The summed E-state index contributed by atoms with van der Waals surface area (Å²) in [5.74, 6) is 0. The molecule has 5 nitrogen and oxygen atoms in total. The highest BCUT2D eigenvalue weighted by molar-refractivity contribution is 5.74. The minimum absolute atomic E-state index is 0.108. The molecule has 0 aliphatic carbocycles. The molecule has 0 unspecified atom stereocenters. The number of benzene rings is 2. The average Bonchev–Trinajstić information content (AvgIpc) is 2.75. The quantitative estimate of drug-likeness (QED) is 0.637. The number of hydrogen-bond donors (Lipinski definition) is 0. The van der Waals surface area contributed by atoms with Gasteiger partial charge in [-0.2, -0.15) is 13.2 Å². The van der Waals surface area contributed by atoms with Crippen molar-refractivity contribution < 1.29 is 13.2 Å². The van der Waals surface area contributed by atoms with Crippen molar-refractivity contribution in [1.82, 2.24) is 14.5 Å². The zero-order chi connectivity index (χ0) is 21.1. The summed E-state index contributed by atoms with van der Waals surface area (Å²) in [7, 11) is 0. The van der Waals surface area contributed by atoms with Crippen molar-refractivity contribution in [3.8, 4) is 0 Å². The molecule has 30 heavy (non-hydrogen) atoms. The molecule has 0 amide bonds. The number of anilines is 1. The van der Waals surface area contributed by atoms with Gasteiger partial charge in [-0.15, -0.1) is 0 Å². The Morgan fingerprint density at radius 3 is 2.47 bits per heavy atom. The molecule has 8 heteroatoms. The van der Waals surface area contributed by atoms with E-state index in [9.17, 15) is 18.0 Å². The largest absolute Gasteiger partial charge is 0.416 e. The third-order valence-corrected chi connectivity index (χ3v) is 5.52. The van der Waals surface area contributed by atoms with Crippen LogP contribution in [0.5, 0.6) is 0 Å². The number of nitrogens with zero attached hydrogens (tertiary/aromatic N) is 4. The van der Waals surface area contributed by atoms with Crippen molar-refractivity contribution in [2.45, 2.75) is 19.1 Å². The molecule has 158 valence electrons. The Morgan fingerprint density at radius 2 is 1.70 bits per heavy atom. The van der Waals surface area contributed by atoms with Crippen LogP contribution in [0.3, 0.4) is 0 Å². The van der Waals surface area contributed by atoms with Crippen molar-refractivity contribution in [1.29, 1.82) is 0 Å². The van der Waals surface area contributed by atoms with E-state index in [-0.39, 0.29) is 5.56 Å². The number of para-hydroxylation sites is 2. The lowest BCUT2D eigenvalue weighted by Gasteiger charge is -2.36. The monoisotopic (exact) mass is 416 g/mol. The summed E-state index contributed by atoms with van der Waals surface area (Å²) in [6.45, 7) is 4.36. The highest BCUT2D eigenvalue weighted by Gasteiger charge is 2.31. The van der Waals surface area contributed by atoms with Gasteiger partial charge in [0.1, 0.15) is 0 Å². The number of aryl methyl sites for hydroxylation is 1. The maximum absolute atomic E-state index is 12.9. The lowest BCUT2D eigenvalue weighted by molar-refractivity contribution is -0.137. The van der Waals surface area contributed by atoms with Gasteiger partial charge in [-0.05, 0) is 43.3 Å². The van der Waals surface area contributed by atoms with Crippen LogP contribution in [-0.2, 0) is 12.7 Å². The summed E-state index contributed by atoms with van der Waals surface area (Å²) in [6, 6.07) is 13.1. The lowest BCUT2D eigenvalue weighted by atomic mass is 10.1. The molecule has 0 bridgehead atoms. The van der Waals surface area contributed by atoms with Crippen LogP contribution >= 0.6 is 0 Å². The second-order valence-electron chi connectivity index (χ2n) is 7.47. The SMILES string of the molecule is O=c1cnc2ccccc2n1CCCN1CCN(c2cccc(C(F)(F)F)c2)CC1. The van der Waals surface area contributed by atoms with E-state index < -0.39 is 11.7 Å². The average molecular weight is 416 g/mol. The molecule has 2 heterocycles. The van der Waals surface area contributed by atoms with Gasteiger partial charge in [0, 0.05) is 38.4 Å². The third kappa shape index (κ3) is 4.48. The van der Waals surface area contributed by atoms with Gasteiger partial charge in [-0.3, -0.25) is 9.69 Å². The molecule has 1 saturated heterocycles. The number of halogens is 3. The first-order valence-corrected chi connectivity index (χ1v) is 10.0. The molecule has 0 saturated carbocycles. The molecule has 4 rings (SSSR count). The number of rotatable bonds is 5. The summed E-state index contributed by atoms with van der Waals surface area (Å²) in [5, 5.41) is 0. The fourth-order valence-corrected chi connectivity index (χ4v) is 3.91. The predicted octanol–water partition coefficient (Wildman–Crippen LogP) is 3.63. The molecule has 0 spiro atoms. The Kier molecular flexibility index (Phi) is 5.76. The van der Waals surface area contributed by atoms with Gasteiger partial charge >= 0.3 is 6.18 Å². The second kappa shape index (κ2) is 8.47. The van der Waals surface area contributed by atoms with E-state index in [1.165, 1.54) is 18.3 Å². The topological polar surface area (TPSA) is 41.4 Å². The van der Waals surface area contributed by atoms with E-state index >= 15 is 0 Å². The molecule has 1 aliphatic rings. The highest BCUT2D eigenvalue weighted by atomic mass is 19.4. The first-order valence-electron chi connectivity index (χ1n) is 10.0. The summed E-state index contributed by atoms with van der Waals surface area (Å²) in [6.07, 6.45) is -2.15. The zero-order valence-corrected chi connectivity index (χ0v) is 16.5. The van der Waals surface area contributed by atoms with E-state index in [1.807, 2.05) is 29.2 Å². The summed E-state index contributed by atoms with van der Waals surface area (Å²) >= 11 is 0. The zero-order valence-electron chi connectivity index (χ0n) is 16.5. The molecular weight excluding hydrogens is 393 g/mol. The van der Waals surface area contributed by atoms with Crippen LogP contribution in [0.2, 0.25) is 0 Å². The van der Waals surface area contributed by atoms with Gasteiger partial charge < -0.3 is 9.47 Å². The van der Waals surface area contributed by atoms with Gasteiger partial charge in [-0.25, -0.2) is 4.98 Å². The lowest BCUT2D eigenvalue weighted by Crippen LogP contribution is -2.46. The Hall–Kier alpha value is -2.87. The standard InChI is InChI=1S/C22H23F3N4O/c23-22(24,25)17-5-3-6-18(15-17)28-13-11-27(12-14-28)9-4-10-29-20-8-2-1-7-19(20)26-16-21(29)30/h1-3,5-8,15-16H,4,9-14H2. The van der Waals surface area contributed by atoms with E-state index in [0.717, 1.165) is 43.2 Å². The van der Waals surface area contributed by atoms with Crippen LogP contribution in [-0.4, -0.2) is 47.2 Å². The Labute approximate surface area is 172 Å². The molecule has 0 atom stereocenters. The summed E-state index contributed by atoms with van der Waals surface area (Å²) in [5.41, 5.74) is 1.52. The van der Waals surface area contributed by atoms with E-state index in [1.54, 1.807) is 10.6 Å². The van der Waals surface area contributed by atoms with Gasteiger partial charge in [0.2, 0.25) is 0 Å². The summed E-state index contributed by atoms with van der Waals surface area (Å²) in [4.78, 5) is 20.7. The Balaban J connectivity index is 1.32. The molecule has 0 radical (unpaired) electrons. The number of hydrogen-bond acceptors (Lipinski definition) is 4. The number of piperazine rings is 1. The van der Waals surface area contributed by atoms with Crippen molar-refractivity contribution in [2.75, 3.05) is 37.6 Å². The highest BCUT2D eigenvalue weighted by Crippen LogP contribution is 2.31. The molecule has 1 fully saturated rings. The fourth-order valence-electron chi connectivity index (χ4n) is 3.91. The number of fused-ring (bicyclic) bond motifs is 1. The van der Waals surface area contributed by atoms with Crippen LogP contribution in [0.25, 0.3) is 11.0 Å². The smallest absolute Gasteiger partial charge is 0.369 e. The molecule has 1 aromatic heterocycles. The van der Waals surface area contributed by atoms with Gasteiger partial charge in [0.25, 0.3) is 5.56 Å². The van der Waals surface area contributed by atoms with Gasteiger partial charge in [0.05, 0.1) is 22.8 Å². The van der Waals surface area contributed by atoms with Crippen LogP contribution in [0.1, 0.15) is 12.0 Å². The Morgan fingerprint density at radius 1 is 0.933 bits per heavy atom. The van der Waals surface area contributed by atoms with Crippen LogP contribution in [0.15, 0.2) is 59.5 Å². The molecule has 2 aromatic carbocycles. The van der Waals surface area contributed by atoms with Crippen molar-refractivity contribution in [2.24, 2.45) is 0 Å². The number of aromatic nitrogens is 2. The Bertz CT molecular complexity index is 1070. The molecular formula is C22H23F3N4O. The predicted molar refractivity (Wildman–Crippen MR) is 111 cm³/mol. The van der Waals surface area contributed by atoms with Crippen LogP contribution < -0.4 is 10.5 Å². The first-order chi connectivity index (χ1) is 14.4. The van der Waals surface area contributed by atoms with E-state index in [0.29, 0.717) is 25.3 Å². The van der Waals surface area contributed by atoms with Crippen LogP contribution in [0.4, 0.5) is 18.9 Å². The maximum atomic E-state index is 12.9. The normalized spacial score (nSPS) is 15.6. The third-order valence-electron chi connectivity index (χ3n) is 5.52. The molecule has 0 N–H and O–H groups in total. The van der Waals surface area contributed by atoms with Crippen molar-refractivity contribution in [3.05, 3.63) is 70.6 Å². The van der Waals surface area contributed by atoms with Gasteiger partial charge in [0.15, 0.2) is 0 Å². The minimum atomic E-state index is -4.33. The van der Waals surface area contributed by atoms with E-state index in [2.05, 4.69) is 9.88 Å². The molecule has 3 aromatic rings. The first kappa shape index (κ1) is 20.4. The van der Waals surface area contributed by atoms with E-state index in [4.69, 9.17) is 0 Å².